The maximum Gasteiger partial charge on any atom is 0.258 e. The minimum Gasteiger partial charge on any atom is -0.324 e. The van der Waals surface area contributed by atoms with E-state index < -0.39 is 0 Å². The predicted octanol–water partition coefficient (Wildman–Crippen LogP) is 2.71. The zero-order chi connectivity index (χ0) is 16.9. The number of H-pyrrole nitrogens is 1. The summed E-state index contributed by atoms with van der Waals surface area (Å²) in [5, 5.41) is 12.5. The largest absolute Gasteiger partial charge is 0.324 e. The molecule has 0 aliphatic carbocycles. The Morgan fingerprint density at radius 3 is 2.62 bits per heavy atom. The van der Waals surface area contributed by atoms with Crippen molar-refractivity contribution in [3.63, 3.8) is 0 Å². The van der Waals surface area contributed by atoms with Crippen LogP contribution in [-0.4, -0.2) is 31.1 Å². The maximum atomic E-state index is 12.3. The average Bonchev–Trinajstić information content (AvgIpc) is 3.05. The van der Waals surface area contributed by atoms with Gasteiger partial charge in [-0.25, -0.2) is 9.97 Å². The van der Waals surface area contributed by atoms with E-state index in [9.17, 15) is 4.79 Å². The summed E-state index contributed by atoms with van der Waals surface area (Å²) in [6, 6.07) is 8.76. The lowest BCUT2D eigenvalue weighted by atomic mass is 10.2. The van der Waals surface area contributed by atoms with Crippen molar-refractivity contribution in [2.24, 2.45) is 0 Å². The Morgan fingerprint density at radius 2 is 1.92 bits per heavy atom. The fourth-order valence-electron chi connectivity index (χ4n) is 1.99. The molecule has 0 radical (unpaired) electrons. The van der Waals surface area contributed by atoms with E-state index in [-0.39, 0.29) is 17.8 Å². The second-order valence-corrected chi connectivity index (χ2v) is 5.43. The van der Waals surface area contributed by atoms with Crippen molar-refractivity contribution < 1.29 is 4.79 Å². The van der Waals surface area contributed by atoms with Gasteiger partial charge in [-0.15, -0.1) is 5.10 Å². The predicted molar refractivity (Wildman–Crippen MR) is 90.2 cm³/mol. The van der Waals surface area contributed by atoms with Crippen LogP contribution in [0, 0.1) is 0 Å². The van der Waals surface area contributed by atoms with Crippen LogP contribution in [0.4, 0.5) is 17.6 Å². The lowest BCUT2D eigenvalue weighted by molar-refractivity contribution is 0.102. The van der Waals surface area contributed by atoms with Gasteiger partial charge in [0.25, 0.3) is 5.91 Å². The summed E-state index contributed by atoms with van der Waals surface area (Å²) in [7, 11) is 0. The number of hydrogen-bond donors (Lipinski definition) is 3. The lowest BCUT2D eigenvalue weighted by Crippen LogP contribution is -2.13. The third kappa shape index (κ3) is 3.72. The van der Waals surface area contributed by atoms with E-state index in [1.165, 1.54) is 0 Å². The van der Waals surface area contributed by atoms with E-state index in [2.05, 4.69) is 35.8 Å². The van der Waals surface area contributed by atoms with Gasteiger partial charge in [0, 0.05) is 29.6 Å². The number of aromatic amines is 1. The Morgan fingerprint density at radius 1 is 1.12 bits per heavy atom. The smallest absolute Gasteiger partial charge is 0.258 e. The molecule has 0 spiro atoms. The van der Waals surface area contributed by atoms with Crippen molar-refractivity contribution >= 4 is 23.5 Å². The molecule has 0 saturated carbocycles. The minimum absolute atomic E-state index is 0.210. The summed E-state index contributed by atoms with van der Waals surface area (Å²) >= 11 is 0. The zero-order valence-corrected chi connectivity index (χ0v) is 13.3. The Balaban J connectivity index is 1.71. The van der Waals surface area contributed by atoms with Crippen LogP contribution >= 0.6 is 0 Å². The molecule has 8 heteroatoms. The molecule has 0 saturated heterocycles. The van der Waals surface area contributed by atoms with Gasteiger partial charge in [-0.05, 0) is 24.3 Å². The highest BCUT2D eigenvalue weighted by atomic mass is 16.1. The molecule has 3 aromatic rings. The molecule has 122 valence electrons. The number of carbonyl (C=O) groups excluding carboxylic acids is 1. The number of hydrogen-bond acceptors (Lipinski definition) is 6. The Hall–Kier alpha value is -3.29. The Kier molecular flexibility index (Phi) is 4.46. The molecular weight excluding hydrogens is 306 g/mol. The van der Waals surface area contributed by atoms with Crippen molar-refractivity contribution in [2.75, 3.05) is 10.6 Å². The van der Waals surface area contributed by atoms with Gasteiger partial charge >= 0.3 is 0 Å². The van der Waals surface area contributed by atoms with E-state index in [1.54, 1.807) is 36.7 Å². The molecule has 3 rings (SSSR count). The zero-order valence-electron chi connectivity index (χ0n) is 13.3. The SMILES string of the molecule is CC(C)c1nc(NC(=O)c2cccc(Nc3ncccn3)c2)n[nH]1. The van der Waals surface area contributed by atoms with Crippen LogP contribution in [0.1, 0.15) is 35.9 Å². The highest BCUT2D eigenvalue weighted by Crippen LogP contribution is 2.16. The van der Waals surface area contributed by atoms with E-state index in [4.69, 9.17) is 0 Å². The highest BCUT2D eigenvalue weighted by Gasteiger charge is 2.12. The van der Waals surface area contributed by atoms with Gasteiger partial charge in [0.15, 0.2) is 0 Å². The van der Waals surface area contributed by atoms with E-state index >= 15 is 0 Å². The first-order valence-electron chi connectivity index (χ1n) is 7.49. The summed E-state index contributed by atoms with van der Waals surface area (Å²) in [6.45, 7) is 3.99. The van der Waals surface area contributed by atoms with Gasteiger partial charge in [-0.3, -0.25) is 15.2 Å². The summed E-state index contributed by atoms with van der Waals surface area (Å²) in [6.07, 6.45) is 3.28. The Labute approximate surface area is 138 Å². The maximum absolute atomic E-state index is 12.3. The van der Waals surface area contributed by atoms with Gasteiger partial charge in [-0.1, -0.05) is 19.9 Å². The number of benzene rings is 1. The van der Waals surface area contributed by atoms with E-state index in [1.807, 2.05) is 19.9 Å². The molecule has 2 heterocycles. The lowest BCUT2D eigenvalue weighted by Gasteiger charge is -2.06. The summed E-state index contributed by atoms with van der Waals surface area (Å²) < 4.78 is 0. The number of amides is 1. The molecule has 0 bridgehead atoms. The molecule has 0 aliphatic rings. The van der Waals surface area contributed by atoms with Gasteiger partial charge in [-0.2, -0.15) is 4.98 Å². The molecule has 1 amide bonds. The minimum atomic E-state index is -0.290. The van der Waals surface area contributed by atoms with E-state index in [0.29, 0.717) is 17.2 Å². The quantitative estimate of drug-likeness (QED) is 0.666. The molecule has 0 atom stereocenters. The summed E-state index contributed by atoms with van der Waals surface area (Å²) in [5.41, 5.74) is 1.19. The fraction of sp³-hybridized carbons (Fsp3) is 0.188. The number of anilines is 3. The molecule has 3 N–H and O–H groups in total. The van der Waals surface area contributed by atoms with Gasteiger partial charge < -0.3 is 5.32 Å². The van der Waals surface area contributed by atoms with Crippen molar-refractivity contribution in [3.8, 4) is 0 Å². The highest BCUT2D eigenvalue weighted by molar-refractivity contribution is 6.03. The van der Waals surface area contributed by atoms with Gasteiger partial charge in [0.1, 0.15) is 5.82 Å². The molecule has 8 nitrogen and oxygen atoms in total. The number of nitrogens with one attached hydrogen (secondary N) is 3. The van der Waals surface area contributed by atoms with Gasteiger partial charge in [0.05, 0.1) is 0 Å². The molecule has 24 heavy (non-hydrogen) atoms. The van der Waals surface area contributed by atoms with Crippen molar-refractivity contribution in [2.45, 2.75) is 19.8 Å². The average molecular weight is 323 g/mol. The van der Waals surface area contributed by atoms with Crippen LogP contribution in [-0.2, 0) is 0 Å². The van der Waals surface area contributed by atoms with Crippen LogP contribution in [0.25, 0.3) is 0 Å². The first-order chi connectivity index (χ1) is 11.6. The third-order valence-electron chi connectivity index (χ3n) is 3.22. The second kappa shape index (κ2) is 6.86. The van der Waals surface area contributed by atoms with Crippen molar-refractivity contribution in [1.29, 1.82) is 0 Å². The van der Waals surface area contributed by atoms with Crippen LogP contribution in [0.15, 0.2) is 42.7 Å². The molecule has 2 aromatic heterocycles. The third-order valence-corrected chi connectivity index (χ3v) is 3.22. The number of aromatic nitrogens is 5. The summed E-state index contributed by atoms with van der Waals surface area (Å²) in [4.78, 5) is 24.7. The molecule has 0 unspecified atom stereocenters. The second-order valence-electron chi connectivity index (χ2n) is 5.43. The first kappa shape index (κ1) is 15.6. The topological polar surface area (TPSA) is 108 Å². The Bertz CT molecular complexity index is 829. The molecular formula is C16H17N7O. The fourth-order valence-corrected chi connectivity index (χ4v) is 1.99. The monoisotopic (exact) mass is 323 g/mol. The van der Waals surface area contributed by atoms with E-state index in [0.717, 1.165) is 5.82 Å². The van der Waals surface area contributed by atoms with Crippen LogP contribution in [0.3, 0.4) is 0 Å². The molecule has 0 aliphatic heterocycles. The standard InChI is InChI=1S/C16H17N7O/c1-10(2)13-20-16(23-22-13)21-14(24)11-5-3-6-12(9-11)19-15-17-7-4-8-18-15/h3-10H,1-2H3,(H,17,18,19)(H2,20,21,22,23,24). The number of rotatable bonds is 5. The van der Waals surface area contributed by atoms with Gasteiger partial charge in [0.2, 0.25) is 11.9 Å². The summed E-state index contributed by atoms with van der Waals surface area (Å²) in [5.74, 6) is 1.37. The van der Waals surface area contributed by atoms with Crippen molar-refractivity contribution in [1.82, 2.24) is 25.1 Å². The van der Waals surface area contributed by atoms with Crippen LogP contribution in [0.5, 0.6) is 0 Å². The molecule has 0 fully saturated rings. The molecule has 1 aromatic carbocycles. The first-order valence-corrected chi connectivity index (χ1v) is 7.49. The number of carbonyl (C=O) groups is 1. The normalized spacial score (nSPS) is 10.6. The van der Waals surface area contributed by atoms with Crippen LogP contribution in [0.2, 0.25) is 0 Å². The number of nitrogens with zero attached hydrogens (tertiary/aromatic N) is 4. The van der Waals surface area contributed by atoms with Crippen molar-refractivity contribution in [3.05, 3.63) is 54.1 Å². The van der Waals surface area contributed by atoms with Crippen LogP contribution < -0.4 is 10.6 Å².